The number of benzene rings is 2. The van der Waals surface area contributed by atoms with E-state index in [-0.39, 0.29) is 24.0 Å². The van der Waals surface area contributed by atoms with Crippen molar-refractivity contribution in [2.24, 2.45) is 0 Å². The number of hydrogen-bond acceptors (Lipinski definition) is 5. The van der Waals surface area contributed by atoms with Crippen molar-refractivity contribution in [3.05, 3.63) is 89.3 Å². The first-order valence-electron chi connectivity index (χ1n) is 11.2. The molecule has 5 rings (SSSR count). The third kappa shape index (κ3) is 3.96. The second-order valence-corrected chi connectivity index (χ2v) is 8.65. The molecule has 7 nitrogen and oxygen atoms in total. The average Bonchev–Trinajstić information content (AvgIpc) is 3.53. The van der Waals surface area contributed by atoms with E-state index >= 15 is 0 Å². The third-order valence-corrected chi connectivity index (χ3v) is 6.27. The number of imidazole rings is 1. The number of aromatic nitrogens is 2. The van der Waals surface area contributed by atoms with Crippen molar-refractivity contribution in [1.82, 2.24) is 14.5 Å². The van der Waals surface area contributed by atoms with Gasteiger partial charge < -0.3 is 19.3 Å². The highest BCUT2D eigenvalue weighted by Crippen LogP contribution is 2.40. The van der Waals surface area contributed by atoms with Gasteiger partial charge in [0.1, 0.15) is 23.4 Å². The molecule has 0 saturated carbocycles. The number of aryl methyl sites for hydroxylation is 1. The number of rotatable bonds is 6. The lowest BCUT2D eigenvalue weighted by molar-refractivity contribution is -0.139. The van der Waals surface area contributed by atoms with Crippen molar-refractivity contribution in [3.8, 4) is 5.75 Å². The monoisotopic (exact) mass is 461 g/mol. The lowest BCUT2D eigenvalue weighted by atomic mass is 9.94. The summed E-state index contributed by atoms with van der Waals surface area (Å²) in [6.45, 7) is 2.86. The van der Waals surface area contributed by atoms with Crippen LogP contribution in [0.25, 0.3) is 5.76 Å². The van der Waals surface area contributed by atoms with Gasteiger partial charge in [-0.25, -0.2) is 9.37 Å². The van der Waals surface area contributed by atoms with E-state index < -0.39 is 23.5 Å². The fraction of sp³-hybridized carbons (Fsp3) is 0.269. The van der Waals surface area contributed by atoms with Crippen LogP contribution in [0.4, 0.5) is 4.39 Å². The molecule has 1 aromatic heterocycles. The van der Waals surface area contributed by atoms with Crippen molar-refractivity contribution in [1.29, 1.82) is 0 Å². The number of carbonyl (C=O) groups is 2. The third-order valence-electron chi connectivity index (χ3n) is 6.27. The molecule has 2 aromatic carbocycles. The highest BCUT2D eigenvalue weighted by atomic mass is 19.1. The summed E-state index contributed by atoms with van der Waals surface area (Å²) >= 11 is 0. The molecule has 3 aromatic rings. The van der Waals surface area contributed by atoms with Gasteiger partial charge in [-0.1, -0.05) is 12.1 Å². The van der Waals surface area contributed by atoms with Crippen LogP contribution in [-0.4, -0.2) is 43.9 Å². The van der Waals surface area contributed by atoms with Crippen LogP contribution in [0.3, 0.4) is 0 Å². The highest BCUT2D eigenvalue weighted by molar-refractivity contribution is 6.46. The van der Waals surface area contributed by atoms with Gasteiger partial charge in [0.15, 0.2) is 0 Å². The fourth-order valence-electron chi connectivity index (χ4n) is 4.67. The van der Waals surface area contributed by atoms with Gasteiger partial charge in [0.25, 0.3) is 11.7 Å². The van der Waals surface area contributed by atoms with E-state index in [0.717, 1.165) is 11.3 Å². The lowest BCUT2D eigenvalue weighted by Gasteiger charge is -2.25. The summed E-state index contributed by atoms with van der Waals surface area (Å²) in [5, 5.41) is 11.2. The summed E-state index contributed by atoms with van der Waals surface area (Å²) < 4.78 is 21.2. The van der Waals surface area contributed by atoms with Gasteiger partial charge in [0.2, 0.25) is 0 Å². The minimum Gasteiger partial charge on any atom is -0.507 e. The summed E-state index contributed by atoms with van der Waals surface area (Å²) in [4.78, 5) is 31.6. The number of aliphatic hydroxyl groups is 1. The molecule has 3 heterocycles. The first-order chi connectivity index (χ1) is 16.4. The molecule has 1 fully saturated rings. The van der Waals surface area contributed by atoms with E-state index in [9.17, 15) is 19.1 Å². The number of hydrogen-bond donors (Lipinski definition) is 1. The fourth-order valence-corrected chi connectivity index (χ4v) is 4.67. The van der Waals surface area contributed by atoms with Crippen LogP contribution in [0, 0.1) is 5.82 Å². The minimum absolute atomic E-state index is 0.00570. The Morgan fingerprint density at radius 2 is 1.97 bits per heavy atom. The summed E-state index contributed by atoms with van der Waals surface area (Å²) in [5.41, 5.74) is 1.94. The van der Waals surface area contributed by atoms with Gasteiger partial charge >= 0.3 is 0 Å². The number of nitrogens with zero attached hydrogens (tertiary/aromatic N) is 3. The summed E-state index contributed by atoms with van der Waals surface area (Å²) in [5.74, 6) is -1.35. The predicted octanol–water partition coefficient (Wildman–Crippen LogP) is 3.86. The number of carbonyl (C=O) groups excluding carboxylic acids is 2. The molecule has 2 atom stereocenters. The number of halogens is 1. The number of ether oxygens (including phenoxy) is 1. The number of ketones is 1. The van der Waals surface area contributed by atoms with Gasteiger partial charge in [-0.05, 0) is 54.8 Å². The molecule has 34 heavy (non-hydrogen) atoms. The molecule has 8 heteroatoms. The predicted molar refractivity (Wildman–Crippen MR) is 122 cm³/mol. The number of likely N-dealkylation sites (tertiary alicyclic amines) is 1. The van der Waals surface area contributed by atoms with Crippen LogP contribution in [0.1, 0.15) is 36.1 Å². The molecular weight excluding hydrogens is 437 g/mol. The van der Waals surface area contributed by atoms with E-state index in [4.69, 9.17) is 4.74 Å². The van der Waals surface area contributed by atoms with Gasteiger partial charge in [0, 0.05) is 37.5 Å². The van der Waals surface area contributed by atoms with Crippen LogP contribution < -0.4 is 4.74 Å². The number of Topliss-reactive ketones (excluding diaryl/α,β-unsaturated/α-hetero) is 1. The van der Waals surface area contributed by atoms with E-state index in [1.54, 1.807) is 42.9 Å². The van der Waals surface area contributed by atoms with Gasteiger partial charge in [0.05, 0.1) is 17.9 Å². The molecule has 174 valence electrons. The van der Waals surface area contributed by atoms with E-state index in [2.05, 4.69) is 4.98 Å². The average molecular weight is 461 g/mol. The molecule has 0 aliphatic carbocycles. The Balaban J connectivity index is 1.52. The van der Waals surface area contributed by atoms with Crippen LogP contribution in [0.15, 0.2) is 66.8 Å². The zero-order chi connectivity index (χ0) is 23.8. The SMILES string of the molecule is C[C@H]1Cc2cc(C(O)=C3C(=O)C(=O)N(CCCn4ccnc4)[C@H]3c3ccc(F)cc3)ccc2O1. The zero-order valence-corrected chi connectivity index (χ0v) is 18.6. The second-order valence-electron chi connectivity index (χ2n) is 8.65. The molecular formula is C26H24FN3O4. The normalized spacial score (nSPS) is 21.1. The van der Waals surface area contributed by atoms with Crippen LogP contribution in [0.2, 0.25) is 0 Å². The topological polar surface area (TPSA) is 84.7 Å². The molecule has 0 bridgehead atoms. The lowest BCUT2D eigenvalue weighted by Crippen LogP contribution is -2.31. The van der Waals surface area contributed by atoms with Gasteiger partial charge in [-0.3, -0.25) is 9.59 Å². The molecule has 2 aliphatic rings. The van der Waals surface area contributed by atoms with E-state index in [1.807, 2.05) is 17.7 Å². The van der Waals surface area contributed by atoms with Crippen molar-refractivity contribution in [3.63, 3.8) is 0 Å². The van der Waals surface area contributed by atoms with Crippen LogP contribution in [-0.2, 0) is 22.6 Å². The van der Waals surface area contributed by atoms with E-state index in [0.29, 0.717) is 30.5 Å². The van der Waals surface area contributed by atoms with Crippen LogP contribution in [0.5, 0.6) is 5.75 Å². The smallest absolute Gasteiger partial charge is 0.295 e. The van der Waals surface area contributed by atoms with Crippen molar-refractivity contribution < 1.29 is 23.8 Å². The molecule has 0 radical (unpaired) electrons. The van der Waals surface area contributed by atoms with E-state index in [1.165, 1.54) is 17.0 Å². The minimum atomic E-state index is -0.813. The molecule has 2 aliphatic heterocycles. The summed E-state index contributed by atoms with van der Waals surface area (Å²) in [7, 11) is 0. The maximum atomic E-state index is 13.6. The molecule has 1 N–H and O–H groups in total. The Labute approximate surface area is 196 Å². The number of amides is 1. The van der Waals surface area contributed by atoms with Gasteiger partial charge in [-0.15, -0.1) is 0 Å². The Kier molecular flexibility index (Phi) is 5.65. The number of fused-ring (bicyclic) bond motifs is 1. The van der Waals surface area contributed by atoms with Crippen molar-refractivity contribution >= 4 is 17.4 Å². The van der Waals surface area contributed by atoms with Crippen LogP contribution >= 0.6 is 0 Å². The van der Waals surface area contributed by atoms with Crippen molar-refractivity contribution in [2.45, 2.75) is 38.5 Å². The second kappa shape index (κ2) is 8.78. The first-order valence-corrected chi connectivity index (χ1v) is 11.2. The maximum Gasteiger partial charge on any atom is 0.295 e. The standard InChI is InChI=1S/C26H24FN3O4/c1-16-13-19-14-18(5-8-21(19)34-16)24(31)22-23(17-3-6-20(27)7-4-17)30(26(33)25(22)32)11-2-10-29-12-9-28-15-29/h3-9,12,14-16,23,31H,2,10-11,13H2,1H3/t16-,23-/m0/s1. The quantitative estimate of drug-likeness (QED) is 0.342. The Morgan fingerprint density at radius 3 is 2.71 bits per heavy atom. The van der Waals surface area contributed by atoms with Crippen molar-refractivity contribution in [2.75, 3.05) is 6.54 Å². The maximum absolute atomic E-state index is 13.6. The first kappa shape index (κ1) is 21.9. The summed E-state index contributed by atoms with van der Waals surface area (Å²) in [6.07, 6.45) is 6.49. The molecule has 0 spiro atoms. The zero-order valence-electron chi connectivity index (χ0n) is 18.6. The molecule has 0 unspecified atom stereocenters. The molecule has 1 saturated heterocycles. The molecule has 1 amide bonds. The Hall–Kier alpha value is -3.94. The largest absolute Gasteiger partial charge is 0.507 e. The van der Waals surface area contributed by atoms with Gasteiger partial charge in [-0.2, -0.15) is 0 Å². The Morgan fingerprint density at radius 1 is 1.18 bits per heavy atom. The number of aliphatic hydroxyl groups excluding tert-OH is 1. The Bertz CT molecular complexity index is 1270. The highest BCUT2D eigenvalue weighted by Gasteiger charge is 2.45. The summed E-state index contributed by atoms with van der Waals surface area (Å²) in [6, 6.07) is 10.1.